The summed E-state index contributed by atoms with van der Waals surface area (Å²) in [6, 6.07) is 0. The number of hydrogen-bond donors (Lipinski definition) is 2. The summed E-state index contributed by atoms with van der Waals surface area (Å²) in [5, 5.41) is 2.81. The van der Waals surface area contributed by atoms with E-state index >= 15 is 0 Å². The molecule has 0 aliphatic carbocycles. The summed E-state index contributed by atoms with van der Waals surface area (Å²) in [7, 11) is 1.73. The summed E-state index contributed by atoms with van der Waals surface area (Å²) < 4.78 is 25.2. The Bertz CT molecular complexity index is 251. The highest BCUT2D eigenvalue weighted by atomic mass is 19.3. The van der Waals surface area contributed by atoms with Crippen LogP contribution in [0.25, 0.3) is 0 Å². The first kappa shape index (κ1) is 9.12. The molecule has 0 spiro atoms. The van der Waals surface area contributed by atoms with Gasteiger partial charge in [-0.2, -0.15) is 8.78 Å². The molecule has 12 heavy (non-hydrogen) atoms. The van der Waals surface area contributed by atoms with E-state index in [9.17, 15) is 8.78 Å². The third-order valence-corrected chi connectivity index (χ3v) is 1.45. The van der Waals surface area contributed by atoms with Gasteiger partial charge < -0.3 is 10.3 Å². The third-order valence-electron chi connectivity index (χ3n) is 1.45. The minimum absolute atomic E-state index is 0.146. The number of aromatic nitrogens is 2. The number of rotatable bonds is 3. The molecular weight excluding hydrogens is 164 g/mol. The molecule has 0 fully saturated rings. The molecule has 1 heterocycles. The van der Waals surface area contributed by atoms with Crippen LogP contribution in [0, 0.1) is 0 Å². The first-order valence-corrected chi connectivity index (χ1v) is 3.61. The second-order valence-electron chi connectivity index (χ2n) is 2.66. The predicted molar refractivity (Wildman–Crippen MR) is 40.9 cm³/mol. The van der Waals surface area contributed by atoms with E-state index in [1.165, 1.54) is 0 Å². The predicted octanol–water partition coefficient (Wildman–Crippen LogP) is 1.24. The van der Waals surface area contributed by atoms with Crippen molar-refractivity contribution in [3.8, 4) is 0 Å². The number of hydrogen-bond acceptors (Lipinski definition) is 2. The summed E-state index contributed by atoms with van der Waals surface area (Å²) in [5.41, 5.74) is -0.146. The fourth-order valence-corrected chi connectivity index (χ4v) is 0.843. The first-order chi connectivity index (χ1) is 5.54. The Balaban J connectivity index is 2.77. The topological polar surface area (TPSA) is 40.7 Å². The van der Waals surface area contributed by atoms with Gasteiger partial charge in [-0.15, -0.1) is 0 Å². The number of imidazole rings is 1. The van der Waals surface area contributed by atoms with Crippen LogP contribution in [-0.2, 0) is 12.5 Å². The maximum absolute atomic E-state index is 12.6. The van der Waals surface area contributed by atoms with Gasteiger partial charge in [-0.05, 0) is 7.05 Å². The van der Waals surface area contributed by atoms with Gasteiger partial charge in [0.15, 0.2) is 0 Å². The summed E-state index contributed by atoms with van der Waals surface area (Å²) in [6.45, 7) is 1.31. The van der Waals surface area contributed by atoms with E-state index < -0.39 is 5.92 Å². The molecule has 0 bridgehead atoms. The Labute approximate surface area is 69.2 Å². The molecule has 2 N–H and O–H groups in total. The molecule has 0 saturated carbocycles. The Morgan fingerprint density at radius 2 is 2.33 bits per heavy atom. The number of H-pyrrole nitrogens is 1. The summed E-state index contributed by atoms with van der Waals surface area (Å²) in [5.74, 6) is -2.31. The van der Waals surface area contributed by atoms with E-state index in [1.54, 1.807) is 7.05 Å². The normalized spacial score (nSPS) is 12.0. The lowest BCUT2D eigenvalue weighted by Gasteiger charge is -2.05. The molecule has 0 aliphatic rings. The minimum atomic E-state index is -2.83. The van der Waals surface area contributed by atoms with Crippen LogP contribution in [0.2, 0.25) is 0 Å². The van der Waals surface area contributed by atoms with Gasteiger partial charge in [0.1, 0.15) is 11.5 Å². The second-order valence-corrected chi connectivity index (χ2v) is 2.66. The molecule has 0 amide bonds. The molecular formula is C7H11F2N3. The van der Waals surface area contributed by atoms with Crippen molar-refractivity contribution in [1.29, 1.82) is 0 Å². The third kappa shape index (κ3) is 2.01. The molecule has 1 aromatic rings. The van der Waals surface area contributed by atoms with Crippen molar-refractivity contribution < 1.29 is 8.78 Å². The van der Waals surface area contributed by atoms with Crippen molar-refractivity contribution in [2.24, 2.45) is 0 Å². The molecule has 1 aromatic heterocycles. The minimum Gasteiger partial charge on any atom is -0.340 e. The average Bonchev–Trinajstić information content (AvgIpc) is 2.35. The van der Waals surface area contributed by atoms with E-state index in [0.29, 0.717) is 12.4 Å². The SMILES string of the molecule is CNCc1ncc(C(C)(F)F)[nH]1. The Morgan fingerprint density at radius 1 is 1.67 bits per heavy atom. The van der Waals surface area contributed by atoms with Crippen LogP contribution in [0.5, 0.6) is 0 Å². The maximum Gasteiger partial charge on any atom is 0.286 e. The molecule has 5 heteroatoms. The van der Waals surface area contributed by atoms with Crippen LogP contribution in [0.1, 0.15) is 18.4 Å². The lowest BCUT2D eigenvalue weighted by atomic mass is 10.3. The van der Waals surface area contributed by atoms with Crippen molar-refractivity contribution in [1.82, 2.24) is 15.3 Å². The molecule has 0 aromatic carbocycles. The van der Waals surface area contributed by atoms with Gasteiger partial charge in [0.2, 0.25) is 0 Å². The monoisotopic (exact) mass is 175 g/mol. The van der Waals surface area contributed by atoms with E-state index in [-0.39, 0.29) is 5.69 Å². The highest BCUT2D eigenvalue weighted by molar-refractivity contribution is 5.06. The Morgan fingerprint density at radius 3 is 2.75 bits per heavy atom. The van der Waals surface area contributed by atoms with Crippen LogP contribution >= 0.6 is 0 Å². The summed E-state index contributed by atoms with van der Waals surface area (Å²) in [6.07, 6.45) is 1.16. The number of halogens is 2. The lowest BCUT2D eigenvalue weighted by molar-refractivity contribution is 0.0131. The van der Waals surface area contributed by atoms with Crippen molar-refractivity contribution in [2.75, 3.05) is 7.05 Å². The molecule has 0 aliphatic heterocycles. The Hall–Kier alpha value is -0.970. The van der Waals surface area contributed by atoms with Crippen molar-refractivity contribution in [2.45, 2.75) is 19.4 Å². The van der Waals surface area contributed by atoms with E-state index in [2.05, 4.69) is 15.3 Å². The highest BCUT2D eigenvalue weighted by Gasteiger charge is 2.26. The molecule has 3 nitrogen and oxygen atoms in total. The fourth-order valence-electron chi connectivity index (χ4n) is 0.843. The van der Waals surface area contributed by atoms with E-state index in [4.69, 9.17) is 0 Å². The number of alkyl halides is 2. The van der Waals surface area contributed by atoms with Crippen LogP contribution in [-0.4, -0.2) is 17.0 Å². The zero-order chi connectivity index (χ0) is 9.19. The van der Waals surface area contributed by atoms with Crippen molar-refractivity contribution in [3.63, 3.8) is 0 Å². The first-order valence-electron chi connectivity index (χ1n) is 3.61. The van der Waals surface area contributed by atoms with Gasteiger partial charge in [0, 0.05) is 6.92 Å². The summed E-state index contributed by atoms with van der Waals surface area (Å²) in [4.78, 5) is 6.30. The van der Waals surface area contributed by atoms with Crippen LogP contribution in [0.4, 0.5) is 8.78 Å². The average molecular weight is 175 g/mol. The van der Waals surface area contributed by atoms with Crippen LogP contribution in [0.3, 0.4) is 0 Å². The van der Waals surface area contributed by atoms with Crippen LogP contribution in [0.15, 0.2) is 6.20 Å². The zero-order valence-corrected chi connectivity index (χ0v) is 6.99. The fraction of sp³-hybridized carbons (Fsp3) is 0.571. The van der Waals surface area contributed by atoms with Gasteiger partial charge >= 0.3 is 0 Å². The number of nitrogens with zero attached hydrogens (tertiary/aromatic N) is 1. The number of aromatic amines is 1. The Kier molecular flexibility index (Phi) is 2.42. The molecule has 0 radical (unpaired) electrons. The van der Waals surface area contributed by atoms with E-state index in [1.807, 2.05) is 0 Å². The molecule has 0 atom stereocenters. The van der Waals surface area contributed by atoms with Gasteiger partial charge in [-0.1, -0.05) is 0 Å². The zero-order valence-electron chi connectivity index (χ0n) is 6.99. The number of nitrogens with one attached hydrogen (secondary N) is 2. The van der Waals surface area contributed by atoms with Gasteiger partial charge in [0.05, 0.1) is 12.7 Å². The highest BCUT2D eigenvalue weighted by Crippen LogP contribution is 2.24. The molecule has 68 valence electrons. The van der Waals surface area contributed by atoms with Gasteiger partial charge in [-0.3, -0.25) is 0 Å². The standard InChI is InChI=1S/C7H11F2N3/c1-7(8,9)5-3-11-6(12-5)4-10-2/h3,10H,4H2,1-2H3,(H,11,12). The molecule has 0 saturated heterocycles. The summed E-state index contributed by atoms with van der Waals surface area (Å²) >= 11 is 0. The quantitative estimate of drug-likeness (QED) is 0.725. The van der Waals surface area contributed by atoms with Gasteiger partial charge in [-0.25, -0.2) is 4.98 Å². The molecule has 0 unspecified atom stereocenters. The maximum atomic E-state index is 12.6. The van der Waals surface area contributed by atoms with Gasteiger partial charge in [0.25, 0.3) is 5.92 Å². The van der Waals surface area contributed by atoms with Crippen molar-refractivity contribution >= 4 is 0 Å². The van der Waals surface area contributed by atoms with Crippen molar-refractivity contribution in [3.05, 3.63) is 17.7 Å². The van der Waals surface area contributed by atoms with Crippen LogP contribution < -0.4 is 5.32 Å². The lowest BCUT2D eigenvalue weighted by Crippen LogP contribution is -2.09. The smallest absolute Gasteiger partial charge is 0.286 e. The van der Waals surface area contributed by atoms with E-state index in [0.717, 1.165) is 13.1 Å². The molecule has 1 rings (SSSR count). The largest absolute Gasteiger partial charge is 0.340 e. The second kappa shape index (κ2) is 3.18.